The maximum absolute atomic E-state index is 15.4. The van der Waals surface area contributed by atoms with Crippen molar-refractivity contribution in [1.29, 1.82) is 0 Å². The predicted octanol–water partition coefficient (Wildman–Crippen LogP) is 9.60. The van der Waals surface area contributed by atoms with E-state index in [1.807, 2.05) is 0 Å². The summed E-state index contributed by atoms with van der Waals surface area (Å²) in [6.45, 7) is 2.99. The minimum absolute atomic E-state index is 0.0596. The van der Waals surface area contributed by atoms with E-state index in [9.17, 15) is 8.78 Å². The third kappa shape index (κ3) is 4.26. The van der Waals surface area contributed by atoms with Crippen molar-refractivity contribution in [3.05, 3.63) is 87.6 Å². The van der Waals surface area contributed by atoms with Gasteiger partial charge in [0.2, 0.25) is 0 Å². The molecule has 1 aliphatic carbocycles. The first-order chi connectivity index (χ1) is 18.4. The molecule has 0 spiro atoms. The molecule has 200 valence electrons. The van der Waals surface area contributed by atoms with Gasteiger partial charge in [-0.1, -0.05) is 36.3 Å². The fourth-order valence-electron chi connectivity index (χ4n) is 4.62. The van der Waals surface area contributed by atoms with Gasteiger partial charge in [0.25, 0.3) is 0 Å². The number of benzene rings is 2. The van der Waals surface area contributed by atoms with Crippen LogP contribution in [0.3, 0.4) is 0 Å². The Morgan fingerprint density at radius 2 is 1.18 bits per heavy atom. The first-order valence-corrected chi connectivity index (χ1v) is 13.4. The van der Waals surface area contributed by atoms with Crippen molar-refractivity contribution in [2.75, 3.05) is 6.61 Å². The van der Waals surface area contributed by atoms with Gasteiger partial charge < -0.3 is 4.74 Å². The second-order valence-electron chi connectivity index (χ2n) is 9.02. The van der Waals surface area contributed by atoms with E-state index in [4.69, 9.17) is 11.2 Å². The fourth-order valence-corrected chi connectivity index (χ4v) is 6.68. The lowest BCUT2D eigenvalue weighted by molar-refractivity contribution is -0.254. The van der Waals surface area contributed by atoms with Gasteiger partial charge in [0.15, 0.2) is 0 Å². The molecule has 0 atom stereocenters. The van der Waals surface area contributed by atoms with E-state index in [0.29, 0.717) is 26.6 Å². The molecule has 4 aromatic rings. The highest BCUT2D eigenvalue weighted by atomic mass is 32.1. The van der Waals surface area contributed by atoms with Crippen molar-refractivity contribution in [3.8, 4) is 39.0 Å². The molecule has 39 heavy (non-hydrogen) atoms. The first kappa shape index (κ1) is 27.1. The second-order valence-corrected chi connectivity index (χ2v) is 11.5. The fraction of sp³-hybridized carbons (Fsp3) is 0.200. The van der Waals surface area contributed by atoms with Gasteiger partial charge in [0, 0.05) is 30.7 Å². The van der Waals surface area contributed by atoms with Gasteiger partial charge in [-0.15, -0.1) is 29.1 Å². The lowest BCUT2D eigenvalue weighted by Crippen LogP contribution is -2.48. The molecule has 1 aliphatic rings. The Balaban J connectivity index is 1.69. The summed E-state index contributed by atoms with van der Waals surface area (Å²) >= 11 is 2.14. The van der Waals surface area contributed by atoms with Crippen LogP contribution in [0.1, 0.15) is 20.9 Å². The molecule has 0 N–H and O–H groups in total. The zero-order valence-electron chi connectivity index (χ0n) is 20.6. The second kappa shape index (κ2) is 9.61. The number of halogens is 6. The number of rotatable bonds is 6. The molecule has 0 unspecified atom stereocenters. The molecule has 2 aromatic heterocycles. The molecule has 2 aromatic carbocycles. The van der Waals surface area contributed by atoms with E-state index in [1.165, 1.54) is 26.0 Å². The van der Waals surface area contributed by atoms with Gasteiger partial charge in [0.1, 0.15) is 12.4 Å². The number of terminal acetylenes is 1. The summed E-state index contributed by atoms with van der Waals surface area (Å²) in [7, 11) is 0. The Labute approximate surface area is 229 Å². The summed E-state index contributed by atoms with van der Waals surface area (Å²) in [5.41, 5.74) is -2.06. The topological polar surface area (TPSA) is 9.23 Å². The maximum atomic E-state index is 15.4. The van der Waals surface area contributed by atoms with E-state index >= 15 is 17.6 Å². The highest BCUT2D eigenvalue weighted by molar-refractivity contribution is 7.16. The Morgan fingerprint density at radius 3 is 1.64 bits per heavy atom. The van der Waals surface area contributed by atoms with E-state index in [-0.39, 0.29) is 27.5 Å². The highest BCUT2D eigenvalue weighted by Gasteiger charge is 2.80. The maximum Gasteiger partial charge on any atom is 0.380 e. The van der Waals surface area contributed by atoms with Crippen molar-refractivity contribution in [2.24, 2.45) is 0 Å². The minimum atomic E-state index is -5.61. The van der Waals surface area contributed by atoms with Crippen molar-refractivity contribution in [3.63, 3.8) is 0 Å². The van der Waals surface area contributed by atoms with E-state index < -0.39 is 28.9 Å². The molecule has 2 heterocycles. The summed E-state index contributed by atoms with van der Waals surface area (Å²) in [6.07, 6.45) is 5.18. The lowest BCUT2D eigenvalue weighted by Gasteiger charge is -2.25. The van der Waals surface area contributed by atoms with Crippen molar-refractivity contribution in [1.82, 2.24) is 0 Å². The van der Waals surface area contributed by atoms with Crippen LogP contribution in [0.15, 0.2) is 66.7 Å². The number of allylic oxidation sites excluding steroid dienone is 2. The zero-order chi connectivity index (χ0) is 28.2. The van der Waals surface area contributed by atoms with Crippen LogP contribution in [0.2, 0.25) is 0 Å². The summed E-state index contributed by atoms with van der Waals surface area (Å²) in [6, 6.07) is 17.9. The van der Waals surface area contributed by atoms with E-state index in [2.05, 4.69) is 5.92 Å². The average Bonchev–Trinajstić information content (AvgIpc) is 3.50. The van der Waals surface area contributed by atoms with Crippen LogP contribution in [0.4, 0.5) is 26.3 Å². The van der Waals surface area contributed by atoms with Crippen LogP contribution >= 0.6 is 22.7 Å². The van der Waals surface area contributed by atoms with Crippen LogP contribution in [0.5, 0.6) is 5.75 Å². The minimum Gasteiger partial charge on any atom is -0.481 e. The van der Waals surface area contributed by atoms with Crippen LogP contribution in [0, 0.1) is 26.2 Å². The van der Waals surface area contributed by atoms with Gasteiger partial charge >= 0.3 is 17.8 Å². The van der Waals surface area contributed by atoms with Crippen molar-refractivity contribution in [2.45, 2.75) is 31.6 Å². The normalized spacial score (nSPS) is 17.3. The SMILES string of the molecule is C#CCOc1ccc(-c2cc(C3=C(c4cc(-c5ccccc5)sc4C)C(F)(F)C(F)(F)C3(F)F)c(C)s2)cc1. The van der Waals surface area contributed by atoms with Crippen LogP contribution in [-0.4, -0.2) is 24.4 Å². The molecular formula is C30H20F6OS2. The number of ether oxygens (including phenoxy) is 1. The molecule has 0 saturated carbocycles. The molecule has 0 aliphatic heterocycles. The van der Waals surface area contributed by atoms with Crippen molar-refractivity contribution >= 4 is 33.8 Å². The largest absolute Gasteiger partial charge is 0.481 e. The van der Waals surface area contributed by atoms with Crippen LogP contribution in [0.25, 0.3) is 32.0 Å². The van der Waals surface area contributed by atoms with Gasteiger partial charge in [-0.2, -0.15) is 26.3 Å². The Hall–Kier alpha value is -3.48. The van der Waals surface area contributed by atoms with Gasteiger partial charge in [-0.05, 0) is 72.5 Å². The Morgan fingerprint density at radius 1 is 0.718 bits per heavy atom. The van der Waals surface area contributed by atoms with Crippen LogP contribution in [-0.2, 0) is 0 Å². The van der Waals surface area contributed by atoms with E-state index in [0.717, 1.165) is 22.7 Å². The smallest absolute Gasteiger partial charge is 0.380 e. The van der Waals surface area contributed by atoms with Crippen LogP contribution < -0.4 is 4.74 Å². The van der Waals surface area contributed by atoms with Crippen molar-refractivity contribution < 1.29 is 31.1 Å². The number of hydrogen-bond donors (Lipinski definition) is 0. The molecule has 0 amide bonds. The number of alkyl halides is 6. The highest BCUT2D eigenvalue weighted by Crippen LogP contribution is 2.66. The average molecular weight is 575 g/mol. The van der Waals surface area contributed by atoms with E-state index in [1.54, 1.807) is 54.6 Å². The zero-order valence-corrected chi connectivity index (χ0v) is 22.3. The molecule has 5 rings (SSSR count). The third-order valence-corrected chi connectivity index (χ3v) is 8.76. The lowest BCUT2D eigenvalue weighted by atomic mass is 9.94. The van der Waals surface area contributed by atoms with Gasteiger partial charge in [-0.3, -0.25) is 0 Å². The Kier molecular flexibility index (Phi) is 6.68. The summed E-state index contributed by atoms with van der Waals surface area (Å²) in [5.74, 6) is -13.0. The summed E-state index contributed by atoms with van der Waals surface area (Å²) in [5, 5.41) is 0. The summed E-state index contributed by atoms with van der Waals surface area (Å²) in [4.78, 5) is 1.43. The number of hydrogen-bond acceptors (Lipinski definition) is 3. The number of aryl methyl sites for hydroxylation is 2. The molecule has 0 bridgehead atoms. The predicted molar refractivity (Wildman–Crippen MR) is 145 cm³/mol. The molecule has 1 nitrogen and oxygen atoms in total. The molecule has 0 radical (unpaired) electrons. The first-order valence-electron chi connectivity index (χ1n) is 11.7. The molecule has 9 heteroatoms. The monoisotopic (exact) mass is 574 g/mol. The number of thiophene rings is 2. The third-order valence-electron chi connectivity index (χ3n) is 6.56. The standard InChI is InChI=1S/C30H20F6OS2/c1-4-14-37-21-12-10-20(11-13-21)25-16-23(18(3)39-25)27-26(28(31,32)30(35,36)29(27,33)34)22-15-24(38-17(22)2)19-8-6-5-7-9-19/h1,5-13,15-16H,14H2,2-3H3. The quantitative estimate of drug-likeness (QED) is 0.165. The summed E-state index contributed by atoms with van der Waals surface area (Å²) < 4.78 is 96.7. The Bertz CT molecular complexity index is 1610. The molecule has 0 fully saturated rings. The van der Waals surface area contributed by atoms with Gasteiger partial charge in [0.05, 0.1) is 0 Å². The molecular weight excluding hydrogens is 554 g/mol. The molecule has 0 saturated heterocycles. The van der Waals surface area contributed by atoms with Gasteiger partial charge in [-0.25, -0.2) is 0 Å².